The molecule has 2 rings (SSSR count). The van der Waals surface area contributed by atoms with E-state index in [0.717, 1.165) is 12.1 Å². The highest BCUT2D eigenvalue weighted by Gasteiger charge is 2.26. The summed E-state index contributed by atoms with van der Waals surface area (Å²) in [5.41, 5.74) is 6.13. The summed E-state index contributed by atoms with van der Waals surface area (Å²) in [5.74, 6) is -0.809. The molecule has 1 aliphatic rings. The smallest absolute Gasteiger partial charge is 0.236 e. The Balaban J connectivity index is 2.10. The molecule has 1 amide bonds. The monoisotopic (exact) mass is 271 g/mol. The van der Waals surface area contributed by atoms with Crippen molar-refractivity contribution in [1.29, 1.82) is 0 Å². The summed E-state index contributed by atoms with van der Waals surface area (Å²) in [6.45, 7) is 2.52. The van der Waals surface area contributed by atoms with Gasteiger partial charge in [-0.1, -0.05) is 17.7 Å². The van der Waals surface area contributed by atoms with Gasteiger partial charge in [0.25, 0.3) is 0 Å². The highest BCUT2D eigenvalue weighted by atomic mass is 35.5. The zero-order valence-corrected chi connectivity index (χ0v) is 10.6. The number of hydrogen-bond donors (Lipinski definition) is 2. The van der Waals surface area contributed by atoms with E-state index in [1.165, 1.54) is 12.1 Å². The summed E-state index contributed by atoms with van der Waals surface area (Å²) in [7, 11) is 0. The molecule has 1 unspecified atom stereocenters. The van der Waals surface area contributed by atoms with Crippen LogP contribution < -0.4 is 11.1 Å². The highest BCUT2D eigenvalue weighted by Crippen LogP contribution is 2.17. The quantitative estimate of drug-likeness (QED) is 0.853. The van der Waals surface area contributed by atoms with Crippen LogP contribution in [0.2, 0.25) is 5.02 Å². The Labute approximate surface area is 110 Å². The van der Waals surface area contributed by atoms with Crippen LogP contribution in [0.4, 0.5) is 4.39 Å². The molecule has 0 spiro atoms. The number of carbonyl (C=O) groups excluding carboxylic acids is 1. The minimum Gasteiger partial charge on any atom is -0.368 e. The van der Waals surface area contributed by atoms with Crippen molar-refractivity contribution in [3.63, 3.8) is 0 Å². The molecule has 0 radical (unpaired) electrons. The predicted molar refractivity (Wildman–Crippen MR) is 67.7 cm³/mol. The van der Waals surface area contributed by atoms with Crippen molar-refractivity contribution in [3.8, 4) is 0 Å². The van der Waals surface area contributed by atoms with Crippen LogP contribution in [0, 0.1) is 5.82 Å². The molecule has 4 nitrogen and oxygen atoms in total. The number of nitrogens with two attached hydrogens (primary N) is 1. The molecule has 0 aliphatic carbocycles. The van der Waals surface area contributed by atoms with Gasteiger partial charge in [-0.05, 0) is 17.7 Å². The van der Waals surface area contributed by atoms with E-state index in [4.69, 9.17) is 17.3 Å². The van der Waals surface area contributed by atoms with Crippen LogP contribution >= 0.6 is 11.6 Å². The Bertz CT molecular complexity index is 455. The Hall–Kier alpha value is -1.17. The number of hydrogen-bond acceptors (Lipinski definition) is 3. The molecular weight excluding hydrogens is 257 g/mol. The molecule has 1 fully saturated rings. The second kappa shape index (κ2) is 5.65. The number of nitrogens with zero attached hydrogens (tertiary/aromatic N) is 1. The van der Waals surface area contributed by atoms with E-state index in [1.807, 2.05) is 4.90 Å². The Morgan fingerprint density at radius 2 is 2.39 bits per heavy atom. The van der Waals surface area contributed by atoms with Crippen LogP contribution in [0.3, 0.4) is 0 Å². The summed E-state index contributed by atoms with van der Waals surface area (Å²) < 4.78 is 13.3. The molecule has 1 aliphatic heterocycles. The van der Waals surface area contributed by atoms with Gasteiger partial charge in [0.2, 0.25) is 5.91 Å². The maximum Gasteiger partial charge on any atom is 0.236 e. The first kappa shape index (κ1) is 13.3. The van der Waals surface area contributed by atoms with Gasteiger partial charge in [-0.25, -0.2) is 4.39 Å². The molecule has 98 valence electrons. The van der Waals surface area contributed by atoms with Crippen LogP contribution in [0.5, 0.6) is 0 Å². The number of amides is 1. The van der Waals surface area contributed by atoms with Gasteiger partial charge in [-0.2, -0.15) is 0 Å². The highest BCUT2D eigenvalue weighted by molar-refractivity contribution is 6.30. The van der Waals surface area contributed by atoms with Crippen LogP contribution in [-0.2, 0) is 11.3 Å². The number of benzene rings is 1. The third-order valence-corrected chi connectivity index (χ3v) is 3.36. The largest absolute Gasteiger partial charge is 0.368 e. The maximum atomic E-state index is 13.3. The molecule has 0 saturated carbocycles. The van der Waals surface area contributed by atoms with Crippen molar-refractivity contribution in [2.75, 3.05) is 19.6 Å². The minimum absolute atomic E-state index is 0.102. The number of rotatable bonds is 3. The summed E-state index contributed by atoms with van der Waals surface area (Å²) in [6, 6.07) is 4.32. The third-order valence-electron chi connectivity index (χ3n) is 3.05. The number of nitrogens with one attached hydrogen (secondary N) is 1. The number of primary amides is 1. The molecule has 18 heavy (non-hydrogen) atoms. The average Bonchev–Trinajstić information content (AvgIpc) is 2.34. The first-order valence-electron chi connectivity index (χ1n) is 5.76. The van der Waals surface area contributed by atoms with Gasteiger partial charge in [0.1, 0.15) is 11.9 Å². The van der Waals surface area contributed by atoms with Crippen molar-refractivity contribution in [1.82, 2.24) is 10.2 Å². The van der Waals surface area contributed by atoms with Crippen molar-refractivity contribution >= 4 is 17.5 Å². The average molecular weight is 272 g/mol. The molecule has 1 heterocycles. The van der Waals surface area contributed by atoms with Gasteiger partial charge in [0, 0.05) is 26.2 Å². The van der Waals surface area contributed by atoms with E-state index < -0.39 is 5.82 Å². The van der Waals surface area contributed by atoms with Crippen molar-refractivity contribution in [2.24, 2.45) is 5.73 Å². The van der Waals surface area contributed by atoms with Crippen LogP contribution in [0.15, 0.2) is 18.2 Å². The molecule has 3 N–H and O–H groups in total. The lowest BCUT2D eigenvalue weighted by Gasteiger charge is -2.34. The summed E-state index contributed by atoms with van der Waals surface area (Å²) in [5, 5.41) is 3.22. The zero-order chi connectivity index (χ0) is 13.1. The molecule has 1 aromatic rings. The van der Waals surface area contributed by atoms with E-state index in [2.05, 4.69) is 5.32 Å². The van der Waals surface area contributed by atoms with E-state index in [0.29, 0.717) is 19.6 Å². The van der Waals surface area contributed by atoms with Crippen molar-refractivity contribution in [2.45, 2.75) is 12.6 Å². The second-order valence-corrected chi connectivity index (χ2v) is 4.75. The van der Waals surface area contributed by atoms with E-state index >= 15 is 0 Å². The van der Waals surface area contributed by atoms with E-state index in [1.54, 1.807) is 6.07 Å². The zero-order valence-electron chi connectivity index (χ0n) is 9.83. The molecule has 1 aromatic carbocycles. The normalized spacial score (nSPS) is 20.9. The van der Waals surface area contributed by atoms with Gasteiger partial charge < -0.3 is 11.1 Å². The van der Waals surface area contributed by atoms with Crippen LogP contribution in [0.25, 0.3) is 0 Å². The SMILES string of the molecule is NC(=O)C1CNCCN1Cc1ccc(Cl)c(F)c1. The lowest BCUT2D eigenvalue weighted by Crippen LogP contribution is -2.56. The number of piperazine rings is 1. The standard InChI is InChI=1S/C12H15ClFN3O/c13-9-2-1-8(5-10(9)14)7-17-4-3-16-6-11(17)12(15)18/h1-2,5,11,16H,3-4,6-7H2,(H2,15,18). The minimum atomic E-state index is -0.445. The topological polar surface area (TPSA) is 58.4 Å². The fourth-order valence-corrected chi connectivity index (χ4v) is 2.21. The number of carbonyl (C=O) groups is 1. The van der Waals surface area contributed by atoms with Crippen molar-refractivity contribution in [3.05, 3.63) is 34.6 Å². The lowest BCUT2D eigenvalue weighted by molar-refractivity contribution is -0.124. The van der Waals surface area contributed by atoms with Crippen LogP contribution in [0.1, 0.15) is 5.56 Å². The molecular formula is C12H15ClFN3O. The third kappa shape index (κ3) is 2.98. The summed E-state index contributed by atoms with van der Waals surface area (Å²) >= 11 is 5.63. The fraction of sp³-hybridized carbons (Fsp3) is 0.417. The summed E-state index contributed by atoms with van der Waals surface area (Å²) in [6.07, 6.45) is 0. The molecule has 1 atom stereocenters. The van der Waals surface area contributed by atoms with Gasteiger partial charge >= 0.3 is 0 Å². The number of halogens is 2. The van der Waals surface area contributed by atoms with Crippen LogP contribution in [-0.4, -0.2) is 36.5 Å². The van der Waals surface area contributed by atoms with E-state index in [-0.39, 0.29) is 17.0 Å². The Morgan fingerprint density at radius 3 is 3.06 bits per heavy atom. The first-order chi connectivity index (χ1) is 8.58. The Kier molecular flexibility index (Phi) is 4.16. The molecule has 6 heteroatoms. The predicted octanol–water partition coefficient (Wildman–Crippen LogP) is 0.738. The molecule has 0 aromatic heterocycles. The Morgan fingerprint density at radius 1 is 1.61 bits per heavy atom. The maximum absolute atomic E-state index is 13.3. The molecule has 0 bridgehead atoms. The van der Waals surface area contributed by atoms with Gasteiger partial charge in [0.05, 0.1) is 5.02 Å². The second-order valence-electron chi connectivity index (χ2n) is 4.34. The molecule has 1 saturated heterocycles. The van der Waals surface area contributed by atoms with E-state index in [9.17, 15) is 9.18 Å². The van der Waals surface area contributed by atoms with Gasteiger partial charge in [-0.3, -0.25) is 9.69 Å². The fourth-order valence-electron chi connectivity index (χ4n) is 2.09. The lowest BCUT2D eigenvalue weighted by atomic mass is 10.1. The van der Waals surface area contributed by atoms with Gasteiger partial charge in [0.15, 0.2) is 0 Å². The summed E-state index contributed by atoms with van der Waals surface area (Å²) in [4.78, 5) is 13.3. The van der Waals surface area contributed by atoms with Gasteiger partial charge in [-0.15, -0.1) is 0 Å². The first-order valence-corrected chi connectivity index (χ1v) is 6.14. The van der Waals surface area contributed by atoms with Crippen molar-refractivity contribution < 1.29 is 9.18 Å².